The highest BCUT2D eigenvalue weighted by Gasteiger charge is 2.34. The van der Waals surface area contributed by atoms with Gasteiger partial charge in [-0.2, -0.15) is 0 Å². The van der Waals surface area contributed by atoms with E-state index in [2.05, 4.69) is 21.3 Å². The lowest BCUT2D eigenvalue weighted by Crippen LogP contribution is -2.56. The van der Waals surface area contributed by atoms with Gasteiger partial charge in [0.05, 0.1) is 5.92 Å². The summed E-state index contributed by atoms with van der Waals surface area (Å²) in [5, 5.41) is 29.4. The van der Waals surface area contributed by atoms with Crippen molar-refractivity contribution in [2.45, 2.75) is 88.9 Å². The zero-order valence-electron chi connectivity index (χ0n) is 23.3. The number of aliphatic carboxylic acids is 2. The molecule has 4 atom stereocenters. The van der Waals surface area contributed by atoms with Gasteiger partial charge in [-0.1, -0.05) is 43.2 Å². The molecule has 0 radical (unpaired) electrons. The number of benzene rings is 1. The van der Waals surface area contributed by atoms with Crippen molar-refractivity contribution in [3.63, 3.8) is 0 Å². The molecule has 228 valence electrons. The first-order valence-corrected chi connectivity index (χ1v) is 14.2. The predicted octanol–water partition coefficient (Wildman–Crippen LogP) is 2.09. The number of carboxylic acids is 2. The molecule has 1 fully saturated rings. The molecule has 4 amide bonds. The van der Waals surface area contributed by atoms with Gasteiger partial charge in [0.1, 0.15) is 18.7 Å². The second kappa shape index (κ2) is 18.5. The van der Waals surface area contributed by atoms with Crippen LogP contribution in [-0.4, -0.2) is 71.4 Å². The van der Waals surface area contributed by atoms with E-state index in [0.717, 1.165) is 18.4 Å². The standard InChI is InChI=1S/C28H43N5O8/c29-16-8-6-15-23(26(37)38)33-27(39)32-22(24(34)31-21-13-5-4-12-20(21)25(35)36)14-7-9-17-30-28(40)41-18-19-10-2-1-3-11-19/h1-3,10-11,20-23H,4-9,12-18,29H2,(H,30,40)(H,31,34)(H,35,36)(H,37,38)(H2,32,33,39)/t20-,21+,22-,23+/m1/s1. The maximum Gasteiger partial charge on any atom is 0.407 e. The van der Waals surface area contributed by atoms with Crippen LogP contribution in [0.1, 0.15) is 69.8 Å². The number of nitrogens with two attached hydrogens (primary N) is 1. The molecule has 41 heavy (non-hydrogen) atoms. The van der Waals surface area contributed by atoms with Gasteiger partial charge < -0.3 is 42.0 Å². The molecule has 13 nitrogen and oxygen atoms in total. The Bertz CT molecular complexity index is 993. The van der Waals surface area contributed by atoms with Crippen molar-refractivity contribution in [1.29, 1.82) is 0 Å². The molecular formula is C28H43N5O8. The average molecular weight is 578 g/mol. The number of ether oxygens (including phenoxy) is 1. The molecule has 0 aliphatic heterocycles. The van der Waals surface area contributed by atoms with Crippen molar-refractivity contribution in [3.05, 3.63) is 35.9 Å². The zero-order chi connectivity index (χ0) is 30.0. The third-order valence-electron chi connectivity index (χ3n) is 6.98. The topological polar surface area (TPSA) is 209 Å². The third kappa shape index (κ3) is 12.9. The summed E-state index contributed by atoms with van der Waals surface area (Å²) in [6.45, 7) is 0.814. The van der Waals surface area contributed by atoms with Gasteiger partial charge in [0, 0.05) is 12.6 Å². The van der Waals surface area contributed by atoms with E-state index in [4.69, 9.17) is 10.5 Å². The number of alkyl carbamates (subject to hydrolysis) is 1. The Morgan fingerprint density at radius 3 is 2.24 bits per heavy atom. The van der Waals surface area contributed by atoms with Crippen LogP contribution in [0.15, 0.2) is 30.3 Å². The van der Waals surface area contributed by atoms with E-state index in [1.54, 1.807) is 0 Å². The first-order chi connectivity index (χ1) is 19.7. The number of unbranched alkanes of at least 4 members (excludes halogenated alkanes) is 2. The highest BCUT2D eigenvalue weighted by molar-refractivity contribution is 5.89. The van der Waals surface area contributed by atoms with Crippen molar-refractivity contribution in [2.24, 2.45) is 11.7 Å². The fourth-order valence-electron chi connectivity index (χ4n) is 4.70. The van der Waals surface area contributed by atoms with Crippen LogP contribution in [-0.2, 0) is 25.7 Å². The van der Waals surface area contributed by atoms with Gasteiger partial charge in [-0.25, -0.2) is 14.4 Å². The molecule has 1 aliphatic carbocycles. The van der Waals surface area contributed by atoms with Crippen molar-refractivity contribution in [2.75, 3.05) is 13.1 Å². The van der Waals surface area contributed by atoms with E-state index >= 15 is 0 Å². The lowest BCUT2D eigenvalue weighted by Gasteiger charge is -2.31. The van der Waals surface area contributed by atoms with Gasteiger partial charge in [0.2, 0.25) is 5.91 Å². The Balaban J connectivity index is 1.91. The molecule has 2 rings (SSSR count). The molecule has 13 heteroatoms. The Kier molecular flexibility index (Phi) is 15.0. The van der Waals surface area contributed by atoms with Gasteiger partial charge in [-0.05, 0) is 63.5 Å². The van der Waals surface area contributed by atoms with E-state index in [9.17, 15) is 34.2 Å². The quantitative estimate of drug-likeness (QED) is 0.135. The van der Waals surface area contributed by atoms with Crippen LogP contribution in [0.3, 0.4) is 0 Å². The molecule has 0 saturated heterocycles. The van der Waals surface area contributed by atoms with Crippen LogP contribution in [0.5, 0.6) is 0 Å². The van der Waals surface area contributed by atoms with Gasteiger partial charge in [-0.3, -0.25) is 9.59 Å². The molecule has 8 N–H and O–H groups in total. The molecule has 0 heterocycles. The van der Waals surface area contributed by atoms with Crippen LogP contribution >= 0.6 is 0 Å². The lowest BCUT2D eigenvalue weighted by molar-refractivity contribution is -0.144. The number of amides is 4. The normalized spacial score (nSPS) is 17.9. The summed E-state index contributed by atoms with van der Waals surface area (Å²) in [6.07, 6.45) is 4.33. The van der Waals surface area contributed by atoms with E-state index < -0.39 is 54.0 Å². The summed E-state index contributed by atoms with van der Waals surface area (Å²) in [7, 11) is 0. The van der Waals surface area contributed by atoms with Gasteiger partial charge in [-0.15, -0.1) is 0 Å². The first kappa shape index (κ1) is 33.3. The number of carboxylic acid groups (broad SMARTS) is 2. The summed E-state index contributed by atoms with van der Waals surface area (Å²) in [5.74, 6) is -3.44. The van der Waals surface area contributed by atoms with Gasteiger partial charge in [0.15, 0.2) is 0 Å². The number of hydrogen-bond donors (Lipinski definition) is 7. The molecule has 1 saturated carbocycles. The predicted molar refractivity (Wildman–Crippen MR) is 150 cm³/mol. The van der Waals surface area contributed by atoms with Crippen LogP contribution in [0.25, 0.3) is 0 Å². The molecule has 1 aromatic rings. The summed E-state index contributed by atoms with van der Waals surface area (Å²) >= 11 is 0. The fourth-order valence-corrected chi connectivity index (χ4v) is 4.70. The van der Waals surface area contributed by atoms with Crippen LogP contribution in [0, 0.1) is 5.92 Å². The Hall–Kier alpha value is -3.87. The van der Waals surface area contributed by atoms with Gasteiger partial charge >= 0.3 is 24.1 Å². The summed E-state index contributed by atoms with van der Waals surface area (Å²) < 4.78 is 5.17. The SMILES string of the molecule is NCCCC[C@H](NC(=O)N[C@H](CCCCNC(=O)OCc1ccccc1)C(=O)N[C@H]1CCCC[C@H]1C(=O)O)C(=O)O. The van der Waals surface area contributed by atoms with Gasteiger partial charge in [0.25, 0.3) is 0 Å². The summed E-state index contributed by atoms with van der Waals surface area (Å²) in [6, 6.07) is 5.67. The second-order valence-electron chi connectivity index (χ2n) is 10.2. The number of carbonyl (C=O) groups is 5. The molecule has 0 unspecified atom stereocenters. The second-order valence-corrected chi connectivity index (χ2v) is 10.2. The first-order valence-electron chi connectivity index (χ1n) is 14.2. The Morgan fingerprint density at radius 2 is 1.56 bits per heavy atom. The van der Waals surface area contributed by atoms with E-state index in [-0.39, 0.29) is 26.0 Å². The largest absolute Gasteiger partial charge is 0.481 e. The minimum absolute atomic E-state index is 0.135. The minimum Gasteiger partial charge on any atom is -0.481 e. The maximum atomic E-state index is 13.2. The lowest BCUT2D eigenvalue weighted by atomic mass is 9.84. The number of nitrogens with one attached hydrogen (secondary N) is 4. The number of carbonyl (C=O) groups excluding carboxylic acids is 3. The Labute approximate surface area is 240 Å². The van der Waals surface area contributed by atoms with Crippen LogP contribution in [0.2, 0.25) is 0 Å². The van der Waals surface area contributed by atoms with Crippen molar-refractivity contribution >= 4 is 30.0 Å². The van der Waals surface area contributed by atoms with E-state index in [1.807, 2.05) is 30.3 Å². The minimum atomic E-state index is -1.20. The molecule has 0 bridgehead atoms. The zero-order valence-corrected chi connectivity index (χ0v) is 23.3. The van der Waals surface area contributed by atoms with Crippen molar-refractivity contribution in [1.82, 2.24) is 21.3 Å². The van der Waals surface area contributed by atoms with Crippen molar-refractivity contribution < 1.29 is 38.9 Å². The summed E-state index contributed by atoms with van der Waals surface area (Å²) in [5.41, 5.74) is 6.32. The highest BCUT2D eigenvalue weighted by atomic mass is 16.5. The number of urea groups is 1. The van der Waals surface area contributed by atoms with Crippen LogP contribution in [0.4, 0.5) is 9.59 Å². The highest BCUT2D eigenvalue weighted by Crippen LogP contribution is 2.25. The molecule has 0 aromatic heterocycles. The van der Waals surface area contributed by atoms with Crippen molar-refractivity contribution in [3.8, 4) is 0 Å². The molecule has 1 aromatic carbocycles. The average Bonchev–Trinajstić information content (AvgIpc) is 2.95. The van der Waals surface area contributed by atoms with E-state index in [0.29, 0.717) is 45.1 Å². The third-order valence-corrected chi connectivity index (χ3v) is 6.98. The molecule has 0 spiro atoms. The Morgan fingerprint density at radius 1 is 0.902 bits per heavy atom. The van der Waals surface area contributed by atoms with Crippen LogP contribution < -0.4 is 27.0 Å². The molecular weight excluding hydrogens is 534 g/mol. The fraction of sp³-hybridized carbons (Fsp3) is 0.607. The van der Waals surface area contributed by atoms with E-state index in [1.165, 1.54) is 0 Å². The summed E-state index contributed by atoms with van der Waals surface area (Å²) in [4.78, 5) is 61.1. The maximum absolute atomic E-state index is 13.2. The number of rotatable bonds is 17. The monoisotopic (exact) mass is 577 g/mol. The number of hydrogen-bond acceptors (Lipinski definition) is 7. The molecule has 1 aliphatic rings. The smallest absolute Gasteiger partial charge is 0.407 e.